The molecule has 2 aliphatic rings. The number of hydrogen-bond acceptors (Lipinski definition) is 7. The maximum atomic E-state index is 12.0. The first-order chi connectivity index (χ1) is 13.6. The van der Waals surface area contributed by atoms with Gasteiger partial charge < -0.3 is 24.8 Å². The number of aromatic nitrogens is 2. The highest BCUT2D eigenvalue weighted by Crippen LogP contribution is 2.30. The standard InChI is InChI=1S/C20H24N4O4/c1-12-9-15-18(16(11-25)22-20(15)26)23-19(12)24-7-5-13(6-8-24)28-14-3-4-17(27-2)21-10-14/h3-4,9-10,13,16,25H,5-8,11H2,1-2H3,(H,22,26). The number of piperidine rings is 1. The van der Waals surface area contributed by atoms with Crippen LogP contribution < -0.4 is 19.7 Å². The fraction of sp³-hybridized carbons (Fsp3) is 0.450. The van der Waals surface area contributed by atoms with Crippen LogP contribution in [0, 0.1) is 6.92 Å². The Balaban J connectivity index is 1.43. The number of aliphatic hydroxyl groups is 1. The van der Waals surface area contributed by atoms with Gasteiger partial charge in [-0.1, -0.05) is 0 Å². The molecule has 1 unspecified atom stereocenters. The van der Waals surface area contributed by atoms with Crippen molar-refractivity contribution in [2.45, 2.75) is 31.9 Å². The molecule has 0 saturated carbocycles. The summed E-state index contributed by atoms with van der Waals surface area (Å²) in [6, 6.07) is 5.10. The number of nitrogens with one attached hydrogen (secondary N) is 1. The molecule has 2 aromatic heterocycles. The zero-order valence-electron chi connectivity index (χ0n) is 16.0. The number of aliphatic hydroxyl groups excluding tert-OH is 1. The third-order valence-electron chi connectivity index (χ3n) is 5.24. The summed E-state index contributed by atoms with van der Waals surface area (Å²) >= 11 is 0. The fourth-order valence-electron chi connectivity index (χ4n) is 3.76. The normalized spacial score (nSPS) is 19.3. The second-order valence-corrected chi connectivity index (χ2v) is 7.11. The summed E-state index contributed by atoms with van der Waals surface area (Å²) in [6.07, 6.45) is 3.53. The number of anilines is 1. The van der Waals surface area contributed by atoms with E-state index in [1.165, 1.54) is 0 Å². The van der Waals surface area contributed by atoms with Crippen LogP contribution in [0.3, 0.4) is 0 Å². The van der Waals surface area contributed by atoms with E-state index in [-0.39, 0.29) is 18.6 Å². The monoisotopic (exact) mass is 384 g/mol. The lowest BCUT2D eigenvalue weighted by Crippen LogP contribution is -2.39. The Kier molecular flexibility index (Phi) is 5.04. The lowest BCUT2D eigenvalue weighted by atomic mass is 10.1. The summed E-state index contributed by atoms with van der Waals surface area (Å²) in [5.74, 6) is 2.01. The van der Waals surface area contributed by atoms with Gasteiger partial charge in [-0.15, -0.1) is 0 Å². The number of methoxy groups -OCH3 is 1. The summed E-state index contributed by atoms with van der Waals surface area (Å²) in [5.41, 5.74) is 2.16. The highest BCUT2D eigenvalue weighted by molar-refractivity contribution is 5.99. The van der Waals surface area contributed by atoms with Gasteiger partial charge in [-0.05, 0) is 24.6 Å². The molecular weight excluding hydrogens is 360 g/mol. The third kappa shape index (κ3) is 3.47. The van der Waals surface area contributed by atoms with Crippen molar-refractivity contribution < 1.29 is 19.4 Å². The van der Waals surface area contributed by atoms with Crippen LogP contribution in [0.15, 0.2) is 24.4 Å². The Morgan fingerprint density at radius 2 is 2.11 bits per heavy atom. The van der Waals surface area contributed by atoms with Crippen molar-refractivity contribution in [3.05, 3.63) is 41.2 Å². The molecule has 1 amide bonds. The summed E-state index contributed by atoms with van der Waals surface area (Å²) < 4.78 is 11.1. The maximum absolute atomic E-state index is 12.0. The van der Waals surface area contributed by atoms with Crippen LogP contribution in [0.25, 0.3) is 0 Å². The van der Waals surface area contributed by atoms with Gasteiger partial charge in [0.1, 0.15) is 17.7 Å². The van der Waals surface area contributed by atoms with Crippen LogP contribution in [0.1, 0.15) is 40.5 Å². The highest BCUT2D eigenvalue weighted by Gasteiger charge is 2.32. The van der Waals surface area contributed by atoms with Gasteiger partial charge in [0, 0.05) is 32.0 Å². The second-order valence-electron chi connectivity index (χ2n) is 7.11. The van der Waals surface area contributed by atoms with Crippen LogP contribution in [-0.2, 0) is 0 Å². The molecule has 1 fully saturated rings. The molecule has 2 aromatic rings. The molecule has 148 valence electrons. The Labute approximate surface area is 163 Å². The van der Waals surface area contributed by atoms with Crippen molar-refractivity contribution in [3.63, 3.8) is 0 Å². The molecule has 0 spiro atoms. The summed E-state index contributed by atoms with van der Waals surface area (Å²) in [7, 11) is 1.59. The molecule has 0 radical (unpaired) electrons. The number of rotatable bonds is 5. The molecule has 0 bridgehead atoms. The predicted octanol–water partition coefficient (Wildman–Crippen LogP) is 1.62. The number of carbonyl (C=O) groups is 1. The van der Waals surface area contributed by atoms with Gasteiger partial charge in [-0.25, -0.2) is 9.97 Å². The lowest BCUT2D eigenvalue weighted by Gasteiger charge is -2.34. The van der Waals surface area contributed by atoms with E-state index in [1.807, 2.05) is 19.1 Å². The number of amides is 1. The molecule has 4 heterocycles. The van der Waals surface area contributed by atoms with E-state index in [1.54, 1.807) is 19.4 Å². The number of carbonyl (C=O) groups excluding carboxylic acids is 1. The first-order valence-corrected chi connectivity index (χ1v) is 9.44. The van der Waals surface area contributed by atoms with Gasteiger partial charge in [-0.3, -0.25) is 4.79 Å². The first-order valence-electron chi connectivity index (χ1n) is 9.44. The van der Waals surface area contributed by atoms with Gasteiger partial charge in [0.2, 0.25) is 5.88 Å². The van der Waals surface area contributed by atoms with E-state index >= 15 is 0 Å². The predicted molar refractivity (Wildman–Crippen MR) is 103 cm³/mol. The van der Waals surface area contributed by atoms with Crippen molar-refractivity contribution in [1.82, 2.24) is 15.3 Å². The number of fused-ring (bicyclic) bond motifs is 1. The number of ether oxygens (including phenoxy) is 2. The molecule has 28 heavy (non-hydrogen) atoms. The van der Waals surface area contributed by atoms with Crippen LogP contribution in [0.5, 0.6) is 11.6 Å². The third-order valence-corrected chi connectivity index (χ3v) is 5.24. The van der Waals surface area contributed by atoms with Crippen molar-refractivity contribution >= 4 is 11.7 Å². The van der Waals surface area contributed by atoms with Crippen molar-refractivity contribution in [2.75, 3.05) is 31.7 Å². The number of pyridine rings is 2. The van der Waals surface area contributed by atoms with Crippen LogP contribution in [0.4, 0.5) is 5.82 Å². The zero-order chi connectivity index (χ0) is 19.7. The Morgan fingerprint density at radius 1 is 1.32 bits per heavy atom. The van der Waals surface area contributed by atoms with Crippen LogP contribution in [0.2, 0.25) is 0 Å². The van der Waals surface area contributed by atoms with E-state index < -0.39 is 6.04 Å². The fourth-order valence-corrected chi connectivity index (χ4v) is 3.76. The van der Waals surface area contributed by atoms with Gasteiger partial charge >= 0.3 is 0 Å². The van der Waals surface area contributed by atoms with Crippen LogP contribution >= 0.6 is 0 Å². The minimum Gasteiger partial charge on any atom is -0.489 e. The van der Waals surface area contributed by atoms with E-state index in [4.69, 9.17) is 14.5 Å². The highest BCUT2D eigenvalue weighted by atomic mass is 16.5. The van der Waals surface area contributed by atoms with Gasteiger partial charge in [0.15, 0.2) is 0 Å². The molecule has 0 aliphatic carbocycles. The summed E-state index contributed by atoms with van der Waals surface area (Å²) in [6.45, 7) is 3.44. The Hall–Kier alpha value is -2.87. The average molecular weight is 384 g/mol. The quantitative estimate of drug-likeness (QED) is 0.808. The van der Waals surface area contributed by atoms with Crippen LogP contribution in [-0.4, -0.2) is 53.9 Å². The molecule has 8 heteroatoms. The van der Waals surface area contributed by atoms with E-state index in [2.05, 4.69) is 15.2 Å². The molecule has 4 rings (SSSR count). The summed E-state index contributed by atoms with van der Waals surface area (Å²) in [4.78, 5) is 23.1. The molecule has 1 saturated heterocycles. The first kappa shape index (κ1) is 18.5. The minimum atomic E-state index is -0.426. The van der Waals surface area contributed by atoms with Crippen molar-refractivity contribution in [2.24, 2.45) is 0 Å². The van der Waals surface area contributed by atoms with Gasteiger partial charge in [0.25, 0.3) is 5.91 Å². The molecule has 2 N–H and O–H groups in total. The minimum absolute atomic E-state index is 0.120. The average Bonchev–Trinajstić information content (AvgIpc) is 3.03. The molecule has 0 aromatic carbocycles. The maximum Gasteiger partial charge on any atom is 0.253 e. The molecular formula is C20H24N4O4. The SMILES string of the molecule is COc1ccc(OC2CCN(c3nc4c(cc3C)C(=O)NC4CO)CC2)cn1. The van der Waals surface area contributed by atoms with E-state index in [9.17, 15) is 9.90 Å². The number of aryl methyl sites for hydroxylation is 1. The smallest absolute Gasteiger partial charge is 0.253 e. The number of nitrogens with zero attached hydrogens (tertiary/aromatic N) is 3. The van der Waals surface area contributed by atoms with E-state index in [0.29, 0.717) is 17.1 Å². The van der Waals surface area contributed by atoms with Crippen molar-refractivity contribution in [1.29, 1.82) is 0 Å². The largest absolute Gasteiger partial charge is 0.489 e. The van der Waals surface area contributed by atoms with E-state index in [0.717, 1.165) is 43.1 Å². The topological polar surface area (TPSA) is 96.8 Å². The van der Waals surface area contributed by atoms with Gasteiger partial charge in [0.05, 0.1) is 37.2 Å². The lowest BCUT2D eigenvalue weighted by molar-refractivity contribution is 0.0942. The van der Waals surface area contributed by atoms with Crippen molar-refractivity contribution in [3.8, 4) is 11.6 Å². The molecule has 8 nitrogen and oxygen atoms in total. The molecule has 1 atom stereocenters. The summed E-state index contributed by atoms with van der Waals surface area (Å²) in [5, 5.41) is 12.3. The van der Waals surface area contributed by atoms with Gasteiger partial charge in [-0.2, -0.15) is 0 Å². The Morgan fingerprint density at radius 3 is 2.75 bits per heavy atom. The number of hydrogen-bond donors (Lipinski definition) is 2. The Bertz CT molecular complexity index is 863. The zero-order valence-corrected chi connectivity index (χ0v) is 16.0. The molecule has 2 aliphatic heterocycles. The second kappa shape index (κ2) is 7.63.